The van der Waals surface area contributed by atoms with Crippen molar-refractivity contribution >= 4 is 5.97 Å². The molecule has 106 valence electrons. The van der Waals surface area contributed by atoms with Crippen molar-refractivity contribution in [2.24, 2.45) is 0 Å². The number of carboxylic acids is 1. The van der Waals surface area contributed by atoms with Crippen LogP contribution in [0.5, 0.6) is 5.75 Å². The van der Waals surface area contributed by atoms with Gasteiger partial charge in [0, 0.05) is 11.1 Å². The molecule has 1 aromatic heterocycles. The number of oxazole rings is 1. The van der Waals surface area contributed by atoms with Crippen molar-refractivity contribution in [2.75, 3.05) is 7.11 Å². The van der Waals surface area contributed by atoms with Crippen molar-refractivity contribution in [2.45, 2.75) is 26.2 Å². The van der Waals surface area contributed by atoms with Crippen LogP contribution in [-0.4, -0.2) is 23.2 Å². The maximum absolute atomic E-state index is 10.8. The molecule has 0 aliphatic rings. The van der Waals surface area contributed by atoms with E-state index in [0.29, 0.717) is 5.76 Å². The highest BCUT2D eigenvalue weighted by atomic mass is 16.5. The van der Waals surface area contributed by atoms with Crippen LogP contribution in [0.2, 0.25) is 0 Å². The molecule has 0 fully saturated rings. The molecule has 0 spiro atoms. The summed E-state index contributed by atoms with van der Waals surface area (Å²) >= 11 is 0. The predicted molar refractivity (Wildman–Crippen MR) is 74.2 cm³/mol. The predicted octanol–water partition coefficient (Wildman–Crippen LogP) is 3.35. The van der Waals surface area contributed by atoms with Crippen LogP contribution in [0.4, 0.5) is 0 Å². The number of carbonyl (C=O) groups is 1. The minimum absolute atomic E-state index is 0.100. The summed E-state index contributed by atoms with van der Waals surface area (Å²) in [5, 5.41) is 8.83. The second kappa shape index (κ2) is 5.00. The van der Waals surface area contributed by atoms with Crippen molar-refractivity contribution in [1.82, 2.24) is 4.98 Å². The Morgan fingerprint density at radius 3 is 2.55 bits per heavy atom. The number of hydrogen-bond donors (Lipinski definition) is 1. The number of aromatic nitrogens is 1. The van der Waals surface area contributed by atoms with E-state index in [1.165, 1.54) is 6.20 Å². The molecular formula is C15H17NO4. The van der Waals surface area contributed by atoms with Crippen LogP contribution in [0.3, 0.4) is 0 Å². The first-order valence-corrected chi connectivity index (χ1v) is 6.21. The van der Waals surface area contributed by atoms with E-state index in [2.05, 4.69) is 25.8 Å². The third kappa shape index (κ3) is 2.66. The number of hydrogen-bond acceptors (Lipinski definition) is 4. The Morgan fingerprint density at radius 1 is 1.35 bits per heavy atom. The average Bonchev–Trinajstić information content (AvgIpc) is 2.86. The molecule has 1 heterocycles. The number of ether oxygens (including phenoxy) is 1. The van der Waals surface area contributed by atoms with E-state index < -0.39 is 5.97 Å². The number of nitrogens with zero attached hydrogens (tertiary/aromatic N) is 1. The SMILES string of the molecule is COc1ccc(-c2cnc(C(=O)O)o2)cc1C(C)(C)C. The van der Waals surface area contributed by atoms with Gasteiger partial charge in [0.25, 0.3) is 0 Å². The Labute approximate surface area is 117 Å². The summed E-state index contributed by atoms with van der Waals surface area (Å²) in [5.41, 5.74) is 1.69. The minimum Gasteiger partial charge on any atom is -0.496 e. The first kappa shape index (κ1) is 14.1. The lowest BCUT2D eigenvalue weighted by Crippen LogP contribution is -2.12. The number of methoxy groups -OCH3 is 1. The number of benzene rings is 1. The van der Waals surface area contributed by atoms with Crippen LogP contribution in [0.1, 0.15) is 37.0 Å². The zero-order valence-electron chi connectivity index (χ0n) is 11.9. The van der Waals surface area contributed by atoms with E-state index in [1.807, 2.05) is 18.2 Å². The van der Waals surface area contributed by atoms with Crippen LogP contribution in [0.25, 0.3) is 11.3 Å². The number of carboxylic acid groups (broad SMARTS) is 1. The van der Waals surface area contributed by atoms with E-state index in [-0.39, 0.29) is 11.3 Å². The van der Waals surface area contributed by atoms with Crippen LogP contribution >= 0.6 is 0 Å². The van der Waals surface area contributed by atoms with Crippen LogP contribution in [0.15, 0.2) is 28.8 Å². The quantitative estimate of drug-likeness (QED) is 0.930. The lowest BCUT2D eigenvalue weighted by molar-refractivity contribution is 0.0654. The summed E-state index contributed by atoms with van der Waals surface area (Å²) in [7, 11) is 1.63. The van der Waals surface area contributed by atoms with E-state index in [0.717, 1.165) is 16.9 Å². The van der Waals surface area contributed by atoms with Gasteiger partial charge in [0.15, 0.2) is 5.76 Å². The van der Waals surface area contributed by atoms with Crippen LogP contribution in [-0.2, 0) is 5.41 Å². The zero-order valence-corrected chi connectivity index (χ0v) is 11.9. The topological polar surface area (TPSA) is 72.6 Å². The van der Waals surface area contributed by atoms with Gasteiger partial charge in [0.1, 0.15) is 5.75 Å². The Hall–Kier alpha value is -2.30. The molecule has 0 unspecified atom stereocenters. The standard InChI is InChI=1S/C15H17NO4/c1-15(2,3)10-7-9(5-6-11(10)19-4)12-8-16-13(20-12)14(17)18/h5-8H,1-4H3,(H,17,18). The van der Waals surface area contributed by atoms with Gasteiger partial charge in [-0.2, -0.15) is 0 Å². The molecule has 0 aliphatic carbocycles. The first-order valence-electron chi connectivity index (χ1n) is 6.21. The molecule has 0 radical (unpaired) electrons. The van der Waals surface area contributed by atoms with Gasteiger partial charge in [0.05, 0.1) is 13.3 Å². The third-order valence-electron chi connectivity index (χ3n) is 2.98. The summed E-state index contributed by atoms with van der Waals surface area (Å²) in [4.78, 5) is 14.5. The van der Waals surface area contributed by atoms with Crippen molar-refractivity contribution < 1.29 is 19.1 Å². The molecule has 1 N–H and O–H groups in total. The van der Waals surface area contributed by atoms with Crippen molar-refractivity contribution in [3.8, 4) is 17.1 Å². The Kier molecular flexibility index (Phi) is 3.53. The summed E-state index contributed by atoms with van der Waals surface area (Å²) in [5.74, 6) is -0.274. The minimum atomic E-state index is -1.18. The smallest absolute Gasteiger partial charge is 0.392 e. The second-order valence-corrected chi connectivity index (χ2v) is 5.50. The van der Waals surface area contributed by atoms with Crippen LogP contribution < -0.4 is 4.74 Å². The third-order valence-corrected chi connectivity index (χ3v) is 2.98. The van der Waals surface area contributed by atoms with Crippen LogP contribution in [0, 0.1) is 0 Å². The Balaban J connectivity index is 2.50. The fraction of sp³-hybridized carbons (Fsp3) is 0.333. The monoisotopic (exact) mass is 275 g/mol. The molecule has 5 nitrogen and oxygen atoms in total. The zero-order chi connectivity index (χ0) is 14.9. The van der Waals surface area contributed by atoms with E-state index in [9.17, 15) is 4.79 Å². The lowest BCUT2D eigenvalue weighted by Gasteiger charge is -2.22. The molecule has 20 heavy (non-hydrogen) atoms. The summed E-state index contributed by atoms with van der Waals surface area (Å²) in [6.07, 6.45) is 1.41. The highest BCUT2D eigenvalue weighted by Gasteiger charge is 2.21. The van der Waals surface area contributed by atoms with Gasteiger partial charge in [0.2, 0.25) is 0 Å². The molecular weight excluding hydrogens is 258 g/mol. The second-order valence-electron chi connectivity index (χ2n) is 5.50. The molecule has 0 saturated carbocycles. The van der Waals surface area contributed by atoms with Gasteiger partial charge in [-0.25, -0.2) is 9.78 Å². The molecule has 2 aromatic rings. The molecule has 0 atom stereocenters. The van der Waals surface area contributed by atoms with Crippen molar-refractivity contribution in [3.05, 3.63) is 35.9 Å². The largest absolute Gasteiger partial charge is 0.496 e. The van der Waals surface area contributed by atoms with Gasteiger partial charge in [-0.05, 0) is 23.6 Å². The maximum atomic E-state index is 10.8. The van der Waals surface area contributed by atoms with Crippen molar-refractivity contribution in [3.63, 3.8) is 0 Å². The van der Waals surface area contributed by atoms with Gasteiger partial charge >= 0.3 is 11.9 Å². The molecule has 0 amide bonds. The van der Waals surface area contributed by atoms with Gasteiger partial charge in [-0.3, -0.25) is 0 Å². The summed E-state index contributed by atoms with van der Waals surface area (Å²) in [6, 6.07) is 5.60. The highest BCUT2D eigenvalue weighted by Crippen LogP contribution is 2.35. The van der Waals surface area contributed by atoms with E-state index in [1.54, 1.807) is 7.11 Å². The summed E-state index contributed by atoms with van der Waals surface area (Å²) in [6.45, 7) is 6.24. The molecule has 0 saturated heterocycles. The molecule has 2 rings (SSSR count). The molecule has 0 aliphatic heterocycles. The lowest BCUT2D eigenvalue weighted by atomic mass is 9.85. The average molecular weight is 275 g/mol. The Morgan fingerprint density at radius 2 is 2.05 bits per heavy atom. The fourth-order valence-electron chi connectivity index (χ4n) is 1.95. The van der Waals surface area contributed by atoms with Gasteiger partial charge in [-0.1, -0.05) is 20.8 Å². The number of rotatable bonds is 3. The molecule has 0 bridgehead atoms. The molecule has 5 heteroatoms. The highest BCUT2D eigenvalue weighted by molar-refractivity contribution is 5.82. The number of aromatic carboxylic acids is 1. The van der Waals surface area contributed by atoms with Gasteiger partial charge in [-0.15, -0.1) is 0 Å². The maximum Gasteiger partial charge on any atom is 0.392 e. The normalized spacial score (nSPS) is 11.4. The summed E-state index contributed by atoms with van der Waals surface area (Å²) < 4.78 is 10.6. The van der Waals surface area contributed by atoms with E-state index >= 15 is 0 Å². The van der Waals surface area contributed by atoms with Gasteiger partial charge < -0.3 is 14.3 Å². The first-order chi connectivity index (χ1) is 9.32. The molecule has 1 aromatic carbocycles. The fourth-order valence-corrected chi connectivity index (χ4v) is 1.95. The van der Waals surface area contributed by atoms with Crippen molar-refractivity contribution in [1.29, 1.82) is 0 Å². The van der Waals surface area contributed by atoms with E-state index in [4.69, 9.17) is 14.3 Å². The Bertz CT molecular complexity index is 638.